The van der Waals surface area contributed by atoms with Crippen molar-refractivity contribution in [3.05, 3.63) is 65.2 Å². The molecular formula is C17H13NO3. The molecule has 0 aromatic heterocycles. The zero-order chi connectivity index (χ0) is 14.8. The smallest absolute Gasteiger partial charge is 0.194 e. The second kappa shape index (κ2) is 5.39. The van der Waals surface area contributed by atoms with Crippen molar-refractivity contribution in [3.63, 3.8) is 0 Å². The van der Waals surface area contributed by atoms with Gasteiger partial charge in [0.25, 0.3) is 0 Å². The average molecular weight is 279 g/mol. The average Bonchev–Trinajstić information content (AvgIpc) is 3.35. The topological polar surface area (TPSA) is 62.6 Å². The molecule has 1 heterocycles. The summed E-state index contributed by atoms with van der Waals surface area (Å²) in [5.74, 6) is 0.717. The van der Waals surface area contributed by atoms with Crippen molar-refractivity contribution < 1.29 is 14.3 Å². The molecule has 21 heavy (non-hydrogen) atoms. The molecule has 0 N–H and O–H groups in total. The van der Waals surface area contributed by atoms with Gasteiger partial charge in [0.2, 0.25) is 0 Å². The minimum Gasteiger partial charge on any atom is -0.497 e. The van der Waals surface area contributed by atoms with Gasteiger partial charge < -0.3 is 9.47 Å². The van der Waals surface area contributed by atoms with Gasteiger partial charge >= 0.3 is 0 Å². The number of carbonyl (C=O) groups excluding carboxylic acids is 1. The number of rotatable bonds is 4. The molecule has 2 atom stereocenters. The summed E-state index contributed by atoms with van der Waals surface area (Å²) in [5, 5.41) is 8.75. The summed E-state index contributed by atoms with van der Waals surface area (Å²) in [6.07, 6.45) is -0.634. The molecule has 2 aromatic carbocycles. The summed E-state index contributed by atoms with van der Waals surface area (Å²) >= 11 is 0. The quantitative estimate of drug-likeness (QED) is 0.637. The highest BCUT2D eigenvalue weighted by molar-refractivity contribution is 6.01. The van der Waals surface area contributed by atoms with Crippen LogP contribution in [0.3, 0.4) is 0 Å². The Bertz CT molecular complexity index is 698. The van der Waals surface area contributed by atoms with Crippen LogP contribution in [0, 0.1) is 11.3 Å². The van der Waals surface area contributed by atoms with Crippen molar-refractivity contribution in [2.75, 3.05) is 7.11 Å². The van der Waals surface area contributed by atoms with Crippen molar-refractivity contribution in [2.24, 2.45) is 0 Å². The lowest BCUT2D eigenvalue weighted by atomic mass is 10.0. The Kier molecular flexibility index (Phi) is 3.43. The Morgan fingerprint density at radius 2 is 1.81 bits per heavy atom. The maximum Gasteiger partial charge on any atom is 0.194 e. The second-order valence-corrected chi connectivity index (χ2v) is 4.80. The van der Waals surface area contributed by atoms with E-state index < -0.39 is 6.10 Å². The van der Waals surface area contributed by atoms with E-state index in [0.717, 1.165) is 11.3 Å². The molecule has 104 valence electrons. The van der Waals surface area contributed by atoms with Crippen LogP contribution >= 0.6 is 0 Å². The zero-order valence-corrected chi connectivity index (χ0v) is 11.4. The first kappa shape index (κ1) is 13.3. The van der Waals surface area contributed by atoms with Crippen LogP contribution in [0.1, 0.15) is 27.6 Å². The van der Waals surface area contributed by atoms with Crippen LogP contribution < -0.4 is 4.74 Å². The summed E-state index contributed by atoms with van der Waals surface area (Å²) in [6.45, 7) is 0. The summed E-state index contributed by atoms with van der Waals surface area (Å²) < 4.78 is 10.6. The molecule has 0 spiro atoms. The van der Waals surface area contributed by atoms with E-state index >= 15 is 0 Å². The first-order valence-corrected chi connectivity index (χ1v) is 6.56. The number of nitriles is 1. The number of ketones is 1. The Labute approximate surface area is 122 Å². The molecule has 3 rings (SSSR count). The van der Waals surface area contributed by atoms with Gasteiger partial charge in [0.05, 0.1) is 18.7 Å². The summed E-state index contributed by atoms with van der Waals surface area (Å²) in [6, 6.07) is 16.1. The lowest BCUT2D eigenvalue weighted by Gasteiger charge is -2.00. The van der Waals surface area contributed by atoms with E-state index in [4.69, 9.17) is 14.7 Å². The number of benzene rings is 2. The molecule has 4 nitrogen and oxygen atoms in total. The van der Waals surface area contributed by atoms with Gasteiger partial charge in [-0.25, -0.2) is 0 Å². The predicted octanol–water partition coefficient (Wildman–Crippen LogP) is 2.89. The molecule has 0 radical (unpaired) electrons. The molecule has 1 aliphatic heterocycles. The monoisotopic (exact) mass is 279 g/mol. The standard InChI is InChI=1S/C17H13NO3/c1-20-14-8-6-13(7-9-14)16-17(21-16)15(19)12-4-2-11(10-18)3-5-12/h2-9,16-17H,1H3/t16-,17-/m1/s1. The molecule has 0 aliphatic carbocycles. The van der Waals surface area contributed by atoms with Gasteiger partial charge in [0.15, 0.2) is 11.9 Å². The third kappa shape index (κ3) is 2.64. The number of hydrogen-bond donors (Lipinski definition) is 0. The first-order chi connectivity index (χ1) is 10.2. The van der Waals surface area contributed by atoms with Gasteiger partial charge in [-0.3, -0.25) is 4.79 Å². The number of nitrogens with zero attached hydrogens (tertiary/aromatic N) is 1. The Balaban J connectivity index is 1.71. The third-order valence-corrected chi connectivity index (χ3v) is 3.49. The molecule has 0 unspecified atom stereocenters. The summed E-state index contributed by atoms with van der Waals surface area (Å²) in [5.41, 5.74) is 2.06. The van der Waals surface area contributed by atoms with Crippen molar-refractivity contribution in [3.8, 4) is 11.8 Å². The lowest BCUT2D eigenvalue weighted by Crippen LogP contribution is -2.08. The highest BCUT2D eigenvalue weighted by atomic mass is 16.6. The normalized spacial score (nSPS) is 19.6. The molecular weight excluding hydrogens is 266 g/mol. The molecule has 2 aromatic rings. The van der Waals surface area contributed by atoms with E-state index in [-0.39, 0.29) is 11.9 Å². The molecule has 0 amide bonds. The number of methoxy groups -OCH3 is 1. The highest BCUT2D eigenvalue weighted by Gasteiger charge is 2.46. The second-order valence-electron chi connectivity index (χ2n) is 4.80. The Morgan fingerprint density at radius 3 is 2.38 bits per heavy atom. The number of epoxide rings is 1. The van der Waals surface area contributed by atoms with Crippen LogP contribution in [0.4, 0.5) is 0 Å². The van der Waals surface area contributed by atoms with Crippen LogP contribution in [0.5, 0.6) is 5.75 Å². The maximum atomic E-state index is 12.3. The summed E-state index contributed by atoms with van der Waals surface area (Å²) in [7, 11) is 1.61. The molecule has 4 heteroatoms. The van der Waals surface area contributed by atoms with Gasteiger partial charge in [-0.2, -0.15) is 5.26 Å². The van der Waals surface area contributed by atoms with E-state index in [9.17, 15) is 4.79 Å². The zero-order valence-electron chi connectivity index (χ0n) is 11.4. The Hall–Kier alpha value is -2.64. The Morgan fingerprint density at radius 1 is 1.14 bits per heavy atom. The number of ether oxygens (including phenoxy) is 2. The van der Waals surface area contributed by atoms with Gasteiger partial charge in [-0.15, -0.1) is 0 Å². The van der Waals surface area contributed by atoms with Crippen LogP contribution in [0.25, 0.3) is 0 Å². The van der Waals surface area contributed by atoms with Crippen molar-refractivity contribution in [1.82, 2.24) is 0 Å². The van der Waals surface area contributed by atoms with Gasteiger partial charge in [0.1, 0.15) is 11.9 Å². The molecule has 0 saturated carbocycles. The van der Waals surface area contributed by atoms with Crippen molar-refractivity contribution in [1.29, 1.82) is 5.26 Å². The fraction of sp³-hybridized carbons (Fsp3) is 0.176. The van der Waals surface area contributed by atoms with Crippen LogP contribution in [-0.2, 0) is 4.74 Å². The van der Waals surface area contributed by atoms with Crippen LogP contribution in [-0.4, -0.2) is 19.0 Å². The minimum atomic E-state index is -0.439. The van der Waals surface area contributed by atoms with Gasteiger partial charge in [0, 0.05) is 5.56 Å². The molecule has 1 saturated heterocycles. The largest absolute Gasteiger partial charge is 0.497 e. The fourth-order valence-corrected chi connectivity index (χ4v) is 2.23. The SMILES string of the molecule is COc1ccc([C@H]2O[C@@H]2C(=O)c2ccc(C#N)cc2)cc1. The minimum absolute atomic E-state index is 0.0553. The van der Waals surface area contributed by atoms with Gasteiger partial charge in [-0.05, 0) is 42.0 Å². The number of carbonyl (C=O) groups is 1. The fourth-order valence-electron chi connectivity index (χ4n) is 2.23. The summed E-state index contributed by atoms with van der Waals surface area (Å²) in [4.78, 5) is 12.3. The van der Waals surface area contributed by atoms with Crippen molar-refractivity contribution >= 4 is 5.78 Å². The van der Waals surface area contributed by atoms with Gasteiger partial charge in [-0.1, -0.05) is 12.1 Å². The molecule has 1 fully saturated rings. The van der Waals surface area contributed by atoms with Crippen LogP contribution in [0.2, 0.25) is 0 Å². The van der Waals surface area contributed by atoms with Crippen molar-refractivity contribution in [2.45, 2.75) is 12.2 Å². The highest BCUT2D eigenvalue weighted by Crippen LogP contribution is 2.41. The predicted molar refractivity (Wildman–Crippen MR) is 76.1 cm³/mol. The lowest BCUT2D eigenvalue weighted by molar-refractivity contribution is 0.0953. The third-order valence-electron chi connectivity index (χ3n) is 3.49. The van der Waals surface area contributed by atoms with E-state index in [1.807, 2.05) is 30.3 Å². The van der Waals surface area contributed by atoms with Crippen LogP contribution in [0.15, 0.2) is 48.5 Å². The van der Waals surface area contributed by atoms with E-state index in [1.165, 1.54) is 0 Å². The number of Topliss-reactive ketones (excluding diaryl/α,β-unsaturated/α-hetero) is 1. The number of hydrogen-bond acceptors (Lipinski definition) is 4. The van der Waals surface area contributed by atoms with E-state index in [1.54, 1.807) is 31.4 Å². The first-order valence-electron chi connectivity index (χ1n) is 6.56. The molecule has 1 aliphatic rings. The molecule has 0 bridgehead atoms. The van der Waals surface area contributed by atoms with E-state index in [2.05, 4.69) is 0 Å². The van der Waals surface area contributed by atoms with E-state index in [0.29, 0.717) is 11.1 Å². The maximum absolute atomic E-state index is 12.3.